The molecule has 2 aromatic carbocycles. The molecule has 0 aliphatic carbocycles. The van der Waals surface area contributed by atoms with E-state index in [-0.39, 0.29) is 4.90 Å². The van der Waals surface area contributed by atoms with E-state index in [1.165, 1.54) is 7.11 Å². The van der Waals surface area contributed by atoms with Crippen molar-refractivity contribution < 1.29 is 13.2 Å². The maximum absolute atomic E-state index is 12.9. The van der Waals surface area contributed by atoms with Crippen LogP contribution in [0.15, 0.2) is 47.4 Å². The molecule has 0 spiro atoms. The van der Waals surface area contributed by atoms with Crippen molar-refractivity contribution in [3.8, 4) is 5.75 Å². The quantitative estimate of drug-likeness (QED) is 0.628. The van der Waals surface area contributed by atoms with Crippen LogP contribution in [0.3, 0.4) is 0 Å². The average molecular weight is 413 g/mol. The molecule has 0 aliphatic heterocycles. The average Bonchev–Trinajstić information content (AvgIpc) is 2.64. The number of hydrogen-bond acceptors (Lipinski definition) is 6. The third-order valence-corrected chi connectivity index (χ3v) is 5.85. The molecule has 0 radical (unpaired) electrons. The van der Waals surface area contributed by atoms with Crippen LogP contribution in [0.2, 0.25) is 0 Å². The molecule has 0 atom stereocenters. The Bertz CT molecular complexity index is 1120. The number of aryl methyl sites for hydroxylation is 4. The maximum Gasteiger partial charge on any atom is 0.265 e. The topological polar surface area (TPSA) is 93.2 Å². The Hall–Kier alpha value is -3.13. The lowest BCUT2D eigenvalue weighted by molar-refractivity contribution is 0.402. The van der Waals surface area contributed by atoms with E-state index < -0.39 is 10.0 Å². The minimum atomic E-state index is -3.80. The smallest absolute Gasteiger partial charge is 0.265 e. The predicted octanol–water partition coefficient (Wildman–Crippen LogP) is 4.26. The summed E-state index contributed by atoms with van der Waals surface area (Å²) in [6.07, 6.45) is 0. The molecule has 29 heavy (non-hydrogen) atoms. The number of sulfonamides is 1. The molecule has 0 amide bonds. The van der Waals surface area contributed by atoms with E-state index in [0.717, 1.165) is 28.2 Å². The summed E-state index contributed by atoms with van der Waals surface area (Å²) in [5, 5.41) is 3.12. The van der Waals surface area contributed by atoms with E-state index in [1.54, 1.807) is 36.4 Å². The van der Waals surface area contributed by atoms with Crippen molar-refractivity contribution in [1.82, 2.24) is 9.97 Å². The first kappa shape index (κ1) is 20.6. The highest BCUT2D eigenvalue weighted by atomic mass is 32.2. The second kappa shape index (κ2) is 8.08. The lowest BCUT2D eigenvalue weighted by Crippen LogP contribution is -2.14. The van der Waals surface area contributed by atoms with Gasteiger partial charge in [0, 0.05) is 22.8 Å². The van der Waals surface area contributed by atoms with Crippen LogP contribution in [0, 0.1) is 27.7 Å². The van der Waals surface area contributed by atoms with Crippen molar-refractivity contribution in [2.45, 2.75) is 32.6 Å². The second-order valence-corrected chi connectivity index (χ2v) is 8.52. The van der Waals surface area contributed by atoms with Crippen molar-refractivity contribution in [3.05, 3.63) is 65.0 Å². The Kier molecular flexibility index (Phi) is 5.74. The molecule has 152 valence electrons. The fraction of sp³-hybridized carbons (Fsp3) is 0.238. The number of aromatic nitrogens is 2. The summed E-state index contributed by atoms with van der Waals surface area (Å²) in [6, 6.07) is 12.1. The van der Waals surface area contributed by atoms with Crippen LogP contribution in [0.25, 0.3) is 0 Å². The molecule has 3 aromatic rings. The van der Waals surface area contributed by atoms with Gasteiger partial charge in [0.1, 0.15) is 10.6 Å². The van der Waals surface area contributed by atoms with Crippen LogP contribution < -0.4 is 14.8 Å². The maximum atomic E-state index is 12.9. The van der Waals surface area contributed by atoms with Gasteiger partial charge in [0.2, 0.25) is 5.95 Å². The molecule has 1 heterocycles. The van der Waals surface area contributed by atoms with Gasteiger partial charge in [-0.25, -0.2) is 18.4 Å². The van der Waals surface area contributed by atoms with E-state index in [2.05, 4.69) is 20.0 Å². The number of benzene rings is 2. The first-order valence-corrected chi connectivity index (χ1v) is 10.5. The van der Waals surface area contributed by atoms with Crippen LogP contribution in [0.5, 0.6) is 5.75 Å². The minimum Gasteiger partial charge on any atom is -0.495 e. The molecule has 8 heteroatoms. The van der Waals surface area contributed by atoms with Crippen molar-refractivity contribution in [3.63, 3.8) is 0 Å². The van der Waals surface area contributed by atoms with Crippen LogP contribution in [0.4, 0.5) is 17.3 Å². The van der Waals surface area contributed by atoms with Crippen LogP contribution in [-0.2, 0) is 10.0 Å². The summed E-state index contributed by atoms with van der Waals surface area (Å²) < 4.78 is 33.6. The number of hydrogen-bond donors (Lipinski definition) is 2. The van der Waals surface area contributed by atoms with Gasteiger partial charge in [-0.1, -0.05) is 0 Å². The highest BCUT2D eigenvalue weighted by molar-refractivity contribution is 7.92. The van der Waals surface area contributed by atoms with Gasteiger partial charge >= 0.3 is 0 Å². The number of rotatable bonds is 6. The van der Waals surface area contributed by atoms with Gasteiger partial charge in [0.15, 0.2) is 0 Å². The molecule has 7 nitrogen and oxygen atoms in total. The normalized spacial score (nSPS) is 11.2. The lowest BCUT2D eigenvalue weighted by Gasteiger charge is -2.14. The van der Waals surface area contributed by atoms with Gasteiger partial charge in [0.05, 0.1) is 7.11 Å². The molecular formula is C21H24N4O3S. The Morgan fingerprint density at radius 3 is 1.97 bits per heavy atom. The highest BCUT2D eigenvalue weighted by Gasteiger charge is 2.21. The van der Waals surface area contributed by atoms with Crippen LogP contribution in [0.1, 0.15) is 22.5 Å². The molecule has 1 aromatic heterocycles. The molecule has 0 unspecified atom stereocenters. The molecule has 0 bridgehead atoms. The molecular weight excluding hydrogens is 388 g/mol. The number of nitrogens with zero attached hydrogens (tertiary/aromatic N) is 2. The van der Waals surface area contributed by atoms with Crippen molar-refractivity contribution in [1.29, 1.82) is 0 Å². The summed E-state index contributed by atoms with van der Waals surface area (Å²) >= 11 is 0. The fourth-order valence-corrected chi connectivity index (χ4v) is 4.17. The zero-order valence-corrected chi connectivity index (χ0v) is 17.9. The van der Waals surface area contributed by atoms with Gasteiger partial charge in [-0.3, -0.25) is 4.72 Å². The summed E-state index contributed by atoms with van der Waals surface area (Å²) in [4.78, 5) is 8.78. The van der Waals surface area contributed by atoms with Gasteiger partial charge in [0.25, 0.3) is 10.0 Å². The van der Waals surface area contributed by atoms with E-state index in [9.17, 15) is 8.42 Å². The number of ether oxygens (including phenoxy) is 1. The van der Waals surface area contributed by atoms with Crippen LogP contribution in [-0.4, -0.2) is 25.5 Å². The van der Waals surface area contributed by atoms with Crippen molar-refractivity contribution in [2.24, 2.45) is 0 Å². The fourth-order valence-electron chi connectivity index (χ4n) is 2.88. The third-order valence-electron chi connectivity index (χ3n) is 4.45. The monoisotopic (exact) mass is 412 g/mol. The molecule has 0 saturated carbocycles. The summed E-state index contributed by atoms with van der Waals surface area (Å²) in [5.74, 6) is 0.807. The summed E-state index contributed by atoms with van der Waals surface area (Å²) in [7, 11) is -2.34. The van der Waals surface area contributed by atoms with Gasteiger partial charge in [-0.15, -0.1) is 0 Å². The number of anilines is 3. The second-order valence-electron chi connectivity index (χ2n) is 6.87. The van der Waals surface area contributed by atoms with E-state index in [0.29, 0.717) is 17.4 Å². The number of nitrogens with one attached hydrogen (secondary N) is 2. The molecule has 0 saturated heterocycles. The Balaban J connectivity index is 1.81. The lowest BCUT2D eigenvalue weighted by atomic mass is 10.1. The zero-order chi connectivity index (χ0) is 21.2. The first-order chi connectivity index (χ1) is 13.7. The molecule has 2 N–H and O–H groups in total. The standard InChI is InChI=1S/C21H24N4O3S/c1-13-10-19(28-5)20(11-14(13)2)29(26,27)25-18-8-6-17(7-9-18)24-21-22-15(3)12-16(4)23-21/h6-12,25H,1-5H3,(H,22,23,24). The Morgan fingerprint density at radius 2 is 1.38 bits per heavy atom. The Labute approximate surface area is 171 Å². The van der Waals surface area contributed by atoms with Crippen molar-refractivity contribution in [2.75, 3.05) is 17.1 Å². The SMILES string of the molecule is COc1cc(C)c(C)cc1S(=O)(=O)Nc1ccc(Nc2nc(C)cc(C)n2)cc1. The number of methoxy groups -OCH3 is 1. The predicted molar refractivity (Wildman–Crippen MR) is 115 cm³/mol. The minimum absolute atomic E-state index is 0.105. The van der Waals surface area contributed by atoms with E-state index in [4.69, 9.17) is 4.74 Å². The Morgan fingerprint density at radius 1 is 0.828 bits per heavy atom. The highest BCUT2D eigenvalue weighted by Crippen LogP contribution is 2.29. The summed E-state index contributed by atoms with van der Waals surface area (Å²) in [6.45, 7) is 7.58. The van der Waals surface area contributed by atoms with Gasteiger partial charge < -0.3 is 10.1 Å². The molecule has 0 aliphatic rings. The molecule has 0 fully saturated rings. The largest absolute Gasteiger partial charge is 0.495 e. The first-order valence-electron chi connectivity index (χ1n) is 9.05. The zero-order valence-electron chi connectivity index (χ0n) is 17.1. The van der Waals surface area contributed by atoms with Gasteiger partial charge in [-0.2, -0.15) is 0 Å². The van der Waals surface area contributed by atoms with Crippen LogP contribution >= 0.6 is 0 Å². The van der Waals surface area contributed by atoms with E-state index >= 15 is 0 Å². The molecule has 3 rings (SSSR count). The van der Waals surface area contributed by atoms with Gasteiger partial charge in [-0.05, 0) is 81.3 Å². The van der Waals surface area contributed by atoms with E-state index in [1.807, 2.05) is 33.8 Å². The third kappa shape index (κ3) is 4.83. The van der Waals surface area contributed by atoms with Crippen molar-refractivity contribution >= 4 is 27.3 Å². The summed E-state index contributed by atoms with van der Waals surface area (Å²) in [5.41, 5.74) is 4.77.